The highest BCUT2D eigenvalue weighted by Crippen LogP contribution is 2.26. The van der Waals surface area contributed by atoms with Crippen LogP contribution in [0.1, 0.15) is 38.5 Å². The summed E-state index contributed by atoms with van der Waals surface area (Å²) >= 11 is 0. The maximum absolute atomic E-state index is 12.7. The molecule has 0 bridgehead atoms. The van der Waals surface area contributed by atoms with E-state index in [9.17, 15) is 9.59 Å². The van der Waals surface area contributed by atoms with Gasteiger partial charge in [0.25, 0.3) is 0 Å². The van der Waals surface area contributed by atoms with Crippen LogP contribution in [0, 0.1) is 5.92 Å². The summed E-state index contributed by atoms with van der Waals surface area (Å²) < 4.78 is 5.68. The van der Waals surface area contributed by atoms with Gasteiger partial charge in [0, 0.05) is 26.7 Å². The highest BCUT2D eigenvalue weighted by molar-refractivity contribution is 5.88. The standard InChI is InChI=1S/C22H33N3O3/c1-24(14-15-28-19-10-6-3-7-11-19)21(26)16-20-22(27)23-12-13-25(20)17-18-8-4-2-5-9-18/h3,6-7,10-11,18,20H,2,4-5,8-9,12-17H2,1H3,(H,23,27)/t20-/m1/s1. The van der Waals surface area contributed by atoms with Crippen LogP contribution >= 0.6 is 0 Å². The minimum absolute atomic E-state index is 0.00708. The number of hydrogen-bond donors (Lipinski definition) is 1. The van der Waals surface area contributed by atoms with Gasteiger partial charge < -0.3 is 15.0 Å². The summed E-state index contributed by atoms with van der Waals surface area (Å²) in [5, 5.41) is 2.93. The molecule has 1 heterocycles. The molecule has 2 aliphatic rings. The molecular weight excluding hydrogens is 354 g/mol. The Bertz CT molecular complexity index is 631. The molecule has 28 heavy (non-hydrogen) atoms. The van der Waals surface area contributed by atoms with Crippen molar-refractivity contribution in [2.24, 2.45) is 5.92 Å². The van der Waals surface area contributed by atoms with Gasteiger partial charge in [-0.3, -0.25) is 14.5 Å². The lowest BCUT2D eigenvalue weighted by molar-refractivity contribution is -0.138. The molecule has 0 radical (unpaired) electrons. The van der Waals surface area contributed by atoms with Crippen LogP contribution in [0.3, 0.4) is 0 Å². The summed E-state index contributed by atoms with van der Waals surface area (Å²) in [5.74, 6) is 1.44. The minimum Gasteiger partial charge on any atom is -0.492 e. The van der Waals surface area contributed by atoms with Crippen LogP contribution in [0.2, 0.25) is 0 Å². The molecule has 1 saturated carbocycles. The number of nitrogens with zero attached hydrogens (tertiary/aromatic N) is 2. The van der Waals surface area contributed by atoms with Crippen molar-refractivity contribution in [3.05, 3.63) is 30.3 Å². The van der Waals surface area contributed by atoms with Gasteiger partial charge in [-0.1, -0.05) is 37.5 Å². The third-order valence-electron chi connectivity index (χ3n) is 5.89. The third-order valence-corrected chi connectivity index (χ3v) is 5.89. The van der Waals surface area contributed by atoms with Gasteiger partial charge in [-0.15, -0.1) is 0 Å². The number of rotatable bonds is 8. The number of nitrogens with one attached hydrogen (secondary N) is 1. The number of para-hydroxylation sites is 1. The third kappa shape index (κ3) is 5.96. The van der Waals surface area contributed by atoms with Crippen LogP contribution < -0.4 is 10.1 Å². The van der Waals surface area contributed by atoms with Crippen LogP contribution in [0.25, 0.3) is 0 Å². The molecule has 1 aromatic rings. The Morgan fingerprint density at radius 3 is 2.71 bits per heavy atom. The van der Waals surface area contributed by atoms with Crippen molar-refractivity contribution >= 4 is 11.8 Å². The minimum atomic E-state index is -0.347. The fourth-order valence-electron chi connectivity index (χ4n) is 4.17. The van der Waals surface area contributed by atoms with Crippen molar-refractivity contribution in [2.45, 2.75) is 44.6 Å². The van der Waals surface area contributed by atoms with E-state index in [1.165, 1.54) is 32.1 Å². The van der Waals surface area contributed by atoms with Gasteiger partial charge >= 0.3 is 0 Å². The van der Waals surface area contributed by atoms with E-state index in [0.717, 1.165) is 18.8 Å². The number of carbonyl (C=O) groups is 2. The smallest absolute Gasteiger partial charge is 0.237 e. The fraction of sp³-hybridized carbons (Fsp3) is 0.636. The second-order valence-corrected chi connectivity index (χ2v) is 7.99. The van der Waals surface area contributed by atoms with E-state index in [1.807, 2.05) is 30.3 Å². The Balaban J connectivity index is 1.48. The van der Waals surface area contributed by atoms with E-state index >= 15 is 0 Å². The van der Waals surface area contributed by atoms with Crippen molar-refractivity contribution in [1.82, 2.24) is 15.1 Å². The summed E-state index contributed by atoms with van der Waals surface area (Å²) in [4.78, 5) is 29.1. The first kappa shape index (κ1) is 20.6. The molecular formula is C22H33N3O3. The van der Waals surface area contributed by atoms with Crippen molar-refractivity contribution in [3.63, 3.8) is 0 Å². The topological polar surface area (TPSA) is 61.9 Å². The number of piperazine rings is 1. The van der Waals surface area contributed by atoms with Gasteiger partial charge in [-0.25, -0.2) is 0 Å². The Morgan fingerprint density at radius 1 is 1.21 bits per heavy atom. The molecule has 1 aliphatic heterocycles. The highest BCUT2D eigenvalue weighted by Gasteiger charge is 2.33. The summed E-state index contributed by atoms with van der Waals surface area (Å²) in [6.45, 7) is 3.39. The molecule has 1 aromatic carbocycles. The zero-order valence-electron chi connectivity index (χ0n) is 16.9. The van der Waals surface area contributed by atoms with Crippen LogP contribution in [-0.2, 0) is 9.59 Å². The molecule has 6 nitrogen and oxygen atoms in total. The quantitative estimate of drug-likeness (QED) is 0.744. The SMILES string of the molecule is CN(CCOc1ccccc1)C(=O)C[C@@H]1C(=O)NCCN1CC1CCCCC1. The maximum Gasteiger partial charge on any atom is 0.237 e. The number of ether oxygens (including phenoxy) is 1. The van der Waals surface area contributed by atoms with Crippen LogP contribution in [0.4, 0.5) is 0 Å². The molecule has 3 rings (SSSR count). The van der Waals surface area contributed by atoms with E-state index in [4.69, 9.17) is 4.74 Å². The predicted molar refractivity (Wildman–Crippen MR) is 109 cm³/mol. The van der Waals surface area contributed by atoms with Gasteiger partial charge in [-0.05, 0) is 30.9 Å². The second-order valence-electron chi connectivity index (χ2n) is 7.99. The van der Waals surface area contributed by atoms with Crippen molar-refractivity contribution in [1.29, 1.82) is 0 Å². The number of carbonyl (C=O) groups excluding carboxylic acids is 2. The zero-order chi connectivity index (χ0) is 19.8. The molecule has 1 atom stereocenters. The Kier molecular flexibility index (Phi) is 7.71. The lowest BCUT2D eigenvalue weighted by Crippen LogP contribution is -2.57. The Morgan fingerprint density at radius 2 is 1.96 bits per heavy atom. The molecule has 0 unspecified atom stereocenters. The molecule has 1 aliphatic carbocycles. The van der Waals surface area contributed by atoms with Gasteiger partial charge in [0.15, 0.2) is 0 Å². The van der Waals surface area contributed by atoms with Gasteiger partial charge in [0.2, 0.25) is 11.8 Å². The van der Waals surface area contributed by atoms with Gasteiger partial charge in [0.1, 0.15) is 12.4 Å². The first-order valence-electron chi connectivity index (χ1n) is 10.6. The summed E-state index contributed by atoms with van der Waals surface area (Å²) in [7, 11) is 1.78. The van der Waals surface area contributed by atoms with Crippen LogP contribution in [0.5, 0.6) is 5.75 Å². The average Bonchev–Trinajstić information content (AvgIpc) is 2.72. The fourth-order valence-corrected chi connectivity index (χ4v) is 4.17. The van der Waals surface area contributed by atoms with Crippen LogP contribution in [0.15, 0.2) is 30.3 Å². The van der Waals surface area contributed by atoms with E-state index in [0.29, 0.717) is 25.6 Å². The second kappa shape index (κ2) is 10.5. The lowest BCUT2D eigenvalue weighted by atomic mass is 9.88. The van der Waals surface area contributed by atoms with E-state index < -0.39 is 0 Å². The molecule has 1 saturated heterocycles. The average molecular weight is 388 g/mol. The number of likely N-dealkylation sites (N-methyl/N-ethyl adjacent to an activating group) is 1. The monoisotopic (exact) mass is 387 g/mol. The zero-order valence-corrected chi connectivity index (χ0v) is 16.9. The number of hydrogen-bond acceptors (Lipinski definition) is 4. The Labute approximate surface area is 168 Å². The molecule has 0 spiro atoms. The Hall–Kier alpha value is -2.08. The molecule has 6 heteroatoms. The first-order chi connectivity index (χ1) is 13.6. The lowest BCUT2D eigenvalue weighted by Gasteiger charge is -2.38. The molecule has 154 valence electrons. The van der Waals surface area contributed by atoms with Crippen LogP contribution in [-0.4, -0.2) is 67.5 Å². The summed E-state index contributed by atoms with van der Waals surface area (Å²) in [6, 6.07) is 9.24. The van der Waals surface area contributed by atoms with Crippen molar-refractivity contribution in [2.75, 3.05) is 39.8 Å². The molecule has 1 N–H and O–H groups in total. The first-order valence-corrected chi connectivity index (χ1v) is 10.6. The summed E-state index contributed by atoms with van der Waals surface area (Å²) in [6.07, 6.45) is 6.64. The van der Waals surface area contributed by atoms with E-state index in [2.05, 4.69) is 10.2 Å². The maximum atomic E-state index is 12.7. The highest BCUT2D eigenvalue weighted by atomic mass is 16.5. The number of benzene rings is 1. The van der Waals surface area contributed by atoms with Gasteiger partial charge in [0.05, 0.1) is 19.0 Å². The molecule has 2 amide bonds. The number of amides is 2. The van der Waals surface area contributed by atoms with Crippen molar-refractivity contribution < 1.29 is 14.3 Å². The molecule has 2 fully saturated rings. The summed E-state index contributed by atoms with van der Waals surface area (Å²) in [5.41, 5.74) is 0. The van der Waals surface area contributed by atoms with Crippen molar-refractivity contribution in [3.8, 4) is 5.75 Å². The van der Waals surface area contributed by atoms with E-state index in [-0.39, 0.29) is 24.3 Å². The molecule has 0 aromatic heterocycles. The largest absolute Gasteiger partial charge is 0.492 e. The normalized spacial score (nSPS) is 21.2. The predicted octanol–water partition coefficient (Wildman–Crippen LogP) is 2.29. The van der Waals surface area contributed by atoms with E-state index in [1.54, 1.807) is 11.9 Å². The van der Waals surface area contributed by atoms with Gasteiger partial charge in [-0.2, -0.15) is 0 Å².